The van der Waals surface area contributed by atoms with Gasteiger partial charge in [0.1, 0.15) is 6.10 Å². The zero-order chi connectivity index (χ0) is 22.4. The molecular formula is C25H28O5S. The zero-order valence-corrected chi connectivity index (χ0v) is 18.6. The Kier molecular flexibility index (Phi) is 7.46. The topological polar surface area (TPSA) is 80.7 Å². The van der Waals surface area contributed by atoms with Crippen LogP contribution in [-0.4, -0.2) is 37.3 Å². The van der Waals surface area contributed by atoms with Crippen molar-refractivity contribution in [2.45, 2.75) is 37.7 Å². The van der Waals surface area contributed by atoms with Crippen molar-refractivity contribution in [2.75, 3.05) is 6.26 Å². The van der Waals surface area contributed by atoms with Gasteiger partial charge in [-0.2, -0.15) is 0 Å². The summed E-state index contributed by atoms with van der Waals surface area (Å²) in [5.74, 6) is -0.511. The average molecular weight is 441 g/mol. The van der Waals surface area contributed by atoms with Gasteiger partial charge in [0.2, 0.25) is 0 Å². The Morgan fingerprint density at radius 2 is 1.58 bits per heavy atom. The number of benzene rings is 3. The van der Waals surface area contributed by atoms with Gasteiger partial charge in [-0.15, -0.1) is 0 Å². The van der Waals surface area contributed by atoms with Gasteiger partial charge in [0, 0.05) is 6.26 Å². The number of carbonyl (C=O) groups is 1. The van der Waals surface area contributed by atoms with Gasteiger partial charge in [-0.1, -0.05) is 67.6 Å². The smallest absolute Gasteiger partial charge is 0.338 e. The molecule has 5 nitrogen and oxygen atoms in total. The van der Waals surface area contributed by atoms with Crippen molar-refractivity contribution in [3.8, 4) is 0 Å². The fourth-order valence-electron chi connectivity index (χ4n) is 3.62. The first-order valence-electron chi connectivity index (χ1n) is 10.3. The highest BCUT2D eigenvalue weighted by molar-refractivity contribution is 7.91. The number of esters is 1. The fourth-order valence-corrected chi connectivity index (χ4v) is 4.18. The number of aliphatic hydroxyl groups is 1. The lowest BCUT2D eigenvalue weighted by atomic mass is 9.93. The van der Waals surface area contributed by atoms with Crippen LogP contribution in [0, 0.1) is 5.92 Å². The second-order valence-corrected chi connectivity index (χ2v) is 10.2. The molecule has 0 heterocycles. The molecule has 31 heavy (non-hydrogen) atoms. The summed E-state index contributed by atoms with van der Waals surface area (Å²) in [6.45, 7) is 1.97. The van der Waals surface area contributed by atoms with E-state index in [2.05, 4.69) is 0 Å². The Bertz CT molecular complexity index is 1120. The van der Waals surface area contributed by atoms with Crippen molar-refractivity contribution >= 4 is 26.6 Å². The lowest BCUT2D eigenvalue weighted by Crippen LogP contribution is -2.29. The van der Waals surface area contributed by atoms with Crippen LogP contribution in [0.2, 0.25) is 0 Å². The molecule has 0 fully saturated rings. The average Bonchev–Trinajstić information content (AvgIpc) is 2.75. The number of rotatable bonds is 9. The van der Waals surface area contributed by atoms with E-state index in [9.17, 15) is 18.3 Å². The summed E-state index contributed by atoms with van der Waals surface area (Å²) in [4.78, 5) is 12.9. The third-order valence-electron chi connectivity index (χ3n) is 5.47. The minimum atomic E-state index is -3.57. The van der Waals surface area contributed by atoms with Gasteiger partial charge >= 0.3 is 5.97 Å². The number of ether oxygens (including phenoxy) is 1. The molecule has 0 saturated heterocycles. The van der Waals surface area contributed by atoms with E-state index >= 15 is 0 Å². The second kappa shape index (κ2) is 10.1. The minimum absolute atomic E-state index is 0.00757. The molecule has 164 valence electrons. The van der Waals surface area contributed by atoms with E-state index in [4.69, 9.17) is 4.74 Å². The maximum absolute atomic E-state index is 12.9. The first-order chi connectivity index (χ1) is 14.7. The van der Waals surface area contributed by atoms with Gasteiger partial charge in [-0.3, -0.25) is 0 Å². The Balaban J connectivity index is 1.77. The molecule has 0 radical (unpaired) electrons. The van der Waals surface area contributed by atoms with Gasteiger partial charge in [0.15, 0.2) is 15.3 Å². The summed E-state index contributed by atoms with van der Waals surface area (Å²) < 4.78 is 29.1. The molecule has 0 aliphatic rings. The molecule has 3 atom stereocenters. The van der Waals surface area contributed by atoms with Gasteiger partial charge in [-0.05, 0) is 53.6 Å². The highest BCUT2D eigenvalue weighted by atomic mass is 32.2. The molecule has 3 rings (SSSR count). The zero-order valence-electron chi connectivity index (χ0n) is 17.8. The van der Waals surface area contributed by atoms with E-state index in [-0.39, 0.29) is 18.8 Å². The monoisotopic (exact) mass is 440 g/mol. The van der Waals surface area contributed by atoms with E-state index in [0.717, 1.165) is 22.6 Å². The predicted octanol–water partition coefficient (Wildman–Crippen LogP) is 4.39. The summed E-state index contributed by atoms with van der Waals surface area (Å²) in [6.07, 6.45) is 1.40. The lowest BCUT2D eigenvalue weighted by molar-refractivity contribution is 0.0107. The summed E-state index contributed by atoms with van der Waals surface area (Å²) >= 11 is 0. The fraction of sp³-hybridized carbons (Fsp3) is 0.320. The van der Waals surface area contributed by atoms with Gasteiger partial charge in [0.25, 0.3) is 0 Å². The third-order valence-corrected chi connectivity index (χ3v) is 6.70. The van der Waals surface area contributed by atoms with Gasteiger partial charge < -0.3 is 9.84 Å². The highest BCUT2D eigenvalue weighted by Crippen LogP contribution is 2.23. The number of hydrogen-bond donors (Lipinski definition) is 1. The molecule has 3 aromatic rings. The first-order valence-corrected chi connectivity index (χ1v) is 12.3. The molecule has 0 saturated carbocycles. The maximum Gasteiger partial charge on any atom is 0.338 e. The van der Waals surface area contributed by atoms with E-state index < -0.39 is 27.3 Å². The van der Waals surface area contributed by atoms with E-state index in [1.165, 1.54) is 0 Å². The van der Waals surface area contributed by atoms with E-state index in [0.29, 0.717) is 12.0 Å². The number of carbonyl (C=O) groups excluding carboxylic acids is 1. The molecule has 0 spiro atoms. The van der Waals surface area contributed by atoms with Crippen LogP contribution in [-0.2, 0) is 21.0 Å². The maximum atomic E-state index is 12.9. The Morgan fingerprint density at radius 1 is 0.935 bits per heavy atom. The summed E-state index contributed by atoms with van der Waals surface area (Å²) in [5, 5.41) is 11.9. The molecule has 1 N–H and O–H groups in total. The van der Waals surface area contributed by atoms with Crippen molar-refractivity contribution in [3.05, 3.63) is 83.9 Å². The third kappa shape index (κ3) is 6.39. The summed E-state index contributed by atoms with van der Waals surface area (Å²) in [7, 11) is -3.57. The Morgan fingerprint density at radius 3 is 2.26 bits per heavy atom. The largest absolute Gasteiger partial charge is 0.458 e. The molecule has 3 aromatic carbocycles. The Labute approximate surface area is 183 Å². The summed E-state index contributed by atoms with van der Waals surface area (Å²) in [5.41, 5.74) is 0.0722. The van der Waals surface area contributed by atoms with Crippen molar-refractivity contribution < 1.29 is 23.1 Å². The minimum Gasteiger partial charge on any atom is -0.458 e. The van der Waals surface area contributed by atoms with Crippen LogP contribution in [0.3, 0.4) is 0 Å². The van der Waals surface area contributed by atoms with E-state index in [1.807, 2.05) is 67.6 Å². The Hall–Kier alpha value is -2.70. The van der Waals surface area contributed by atoms with Crippen molar-refractivity contribution in [2.24, 2.45) is 5.92 Å². The van der Waals surface area contributed by atoms with Crippen LogP contribution >= 0.6 is 0 Å². The molecular weight excluding hydrogens is 412 g/mol. The molecule has 0 aliphatic heterocycles. The SMILES string of the molecule is CC(Cc1ccccc1)C(CCC(O)S(C)(=O)=O)OC(=O)c1ccc2ccccc2c1. The normalized spacial score (nSPS) is 14.7. The van der Waals surface area contributed by atoms with Gasteiger partial charge in [0.05, 0.1) is 5.56 Å². The van der Waals surface area contributed by atoms with Crippen LogP contribution in [0.25, 0.3) is 10.8 Å². The van der Waals surface area contributed by atoms with Crippen LogP contribution in [0.1, 0.15) is 35.7 Å². The number of fused-ring (bicyclic) bond motifs is 1. The predicted molar refractivity (Wildman–Crippen MR) is 123 cm³/mol. The van der Waals surface area contributed by atoms with Crippen LogP contribution in [0.4, 0.5) is 0 Å². The highest BCUT2D eigenvalue weighted by Gasteiger charge is 2.26. The van der Waals surface area contributed by atoms with Crippen molar-refractivity contribution in [1.29, 1.82) is 0 Å². The second-order valence-electron chi connectivity index (χ2n) is 8.03. The molecule has 3 unspecified atom stereocenters. The molecule has 0 bridgehead atoms. The quantitative estimate of drug-likeness (QED) is 0.499. The van der Waals surface area contributed by atoms with Crippen molar-refractivity contribution in [1.82, 2.24) is 0 Å². The van der Waals surface area contributed by atoms with Crippen LogP contribution in [0.5, 0.6) is 0 Å². The lowest BCUT2D eigenvalue weighted by Gasteiger charge is -2.25. The van der Waals surface area contributed by atoms with E-state index in [1.54, 1.807) is 12.1 Å². The summed E-state index contributed by atoms with van der Waals surface area (Å²) in [6, 6.07) is 23.0. The first kappa shape index (κ1) is 23.0. The molecule has 0 aliphatic carbocycles. The molecule has 0 amide bonds. The number of hydrogen-bond acceptors (Lipinski definition) is 5. The van der Waals surface area contributed by atoms with Crippen LogP contribution < -0.4 is 0 Å². The van der Waals surface area contributed by atoms with Gasteiger partial charge in [-0.25, -0.2) is 13.2 Å². The number of sulfone groups is 1. The number of aliphatic hydroxyl groups excluding tert-OH is 1. The van der Waals surface area contributed by atoms with Crippen LogP contribution in [0.15, 0.2) is 72.8 Å². The standard InChI is InChI=1S/C25H28O5S/c1-18(16-19-8-4-3-5-9-19)23(14-15-24(26)31(2,28)29)30-25(27)22-13-12-20-10-6-7-11-21(20)17-22/h3-13,17-18,23-24,26H,14-16H2,1-2H3. The molecule has 6 heteroatoms. The van der Waals surface area contributed by atoms with Crippen molar-refractivity contribution in [3.63, 3.8) is 0 Å². The molecule has 0 aromatic heterocycles.